The first-order valence-corrected chi connectivity index (χ1v) is 10.3. The van der Waals surface area contributed by atoms with Gasteiger partial charge in [0.2, 0.25) is 11.8 Å². The number of rotatable bonds is 3. The van der Waals surface area contributed by atoms with Crippen molar-refractivity contribution in [2.24, 2.45) is 5.92 Å². The van der Waals surface area contributed by atoms with Crippen LogP contribution in [0.25, 0.3) is 0 Å². The summed E-state index contributed by atoms with van der Waals surface area (Å²) in [6, 6.07) is 7.63. The van der Waals surface area contributed by atoms with Crippen LogP contribution in [0.3, 0.4) is 0 Å². The molecular formula is C18H19BrN4O2S. The Morgan fingerprint density at radius 2 is 1.88 bits per heavy atom. The average Bonchev–Trinajstić information content (AvgIpc) is 3.32. The van der Waals surface area contributed by atoms with E-state index < -0.39 is 0 Å². The predicted molar refractivity (Wildman–Crippen MR) is 106 cm³/mol. The normalized spacial score (nSPS) is 20.7. The van der Waals surface area contributed by atoms with E-state index in [0.717, 1.165) is 28.4 Å². The lowest BCUT2D eigenvalue weighted by Crippen LogP contribution is -2.50. The highest BCUT2D eigenvalue weighted by atomic mass is 79.9. The van der Waals surface area contributed by atoms with Gasteiger partial charge < -0.3 is 14.7 Å². The van der Waals surface area contributed by atoms with Crippen molar-refractivity contribution in [3.05, 3.63) is 40.3 Å². The molecule has 0 bridgehead atoms. The van der Waals surface area contributed by atoms with Crippen LogP contribution in [-0.2, 0) is 9.59 Å². The first kappa shape index (κ1) is 17.5. The number of amides is 2. The van der Waals surface area contributed by atoms with Crippen molar-refractivity contribution >= 4 is 49.9 Å². The topological polar surface area (TPSA) is 56.8 Å². The van der Waals surface area contributed by atoms with Crippen LogP contribution in [0.1, 0.15) is 6.42 Å². The molecule has 0 saturated carbocycles. The number of carbonyl (C=O) groups is 2. The molecule has 2 aliphatic heterocycles. The molecule has 0 unspecified atom stereocenters. The zero-order chi connectivity index (χ0) is 18.1. The lowest BCUT2D eigenvalue weighted by atomic mass is 10.1. The number of piperazine rings is 1. The Hall–Kier alpha value is -1.93. The van der Waals surface area contributed by atoms with Crippen molar-refractivity contribution in [2.75, 3.05) is 42.5 Å². The largest absolute Gasteiger partial charge is 0.345 e. The Morgan fingerprint density at radius 3 is 2.54 bits per heavy atom. The van der Waals surface area contributed by atoms with Crippen molar-refractivity contribution < 1.29 is 9.59 Å². The van der Waals surface area contributed by atoms with Crippen LogP contribution >= 0.6 is 27.3 Å². The van der Waals surface area contributed by atoms with Crippen LogP contribution in [0.15, 0.2) is 40.3 Å². The number of hydrogen-bond donors (Lipinski definition) is 0. The third-order valence-corrected chi connectivity index (χ3v) is 6.25. The average molecular weight is 435 g/mol. The van der Waals surface area contributed by atoms with Gasteiger partial charge in [0.05, 0.1) is 5.92 Å². The first-order chi connectivity index (χ1) is 12.6. The summed E-state index contributed by atoms with van der Waals surface area (Å²) < 4.78 is 0.971. The first-order valence-electron chi connectivity index (χ1n) is 8.61. The van der Waals surface area contributed by atoms with Crippen molar-refractivity contribution in [2.45, 2.75) is 6.42 Å². The number of hydrogen-bond acceptors (Lipinski definition) is 5. The fourth-order valence-corrected chi connectivity index (χ4v) is 4.45. The summed E-state index contributed by atoms with van der Waals surface area (Å²) in [5.41, 5.74) is 0.849. The fourth-order valence-electron chi connectivity index (χ4n) is 3.49. The maximum absolute atomic E-state index is 12.9. The van der Waals surface area contributed by atoms with E-state index in [4.69, 9.17) is 0 Å². The Bertz CT molecular complexity index is 788. The summed E-state index contributed by atoms with van der Waals surface area (Å²) in [5.74, 6) is -0.138. The number of thiazole rings is 1. The molecule has 2 fully saturated rings. The zero-order valence-corrected chi connectivity index (χ0v) is 16.6. The number of aromatic nitrogens is 1. The summed E-state index contributed by atoms with van der Waals surface area (Å²) in [6.45, 7) is 3.40. The second-order valence-electron chi connectivity index (χ2n) is 6.51. The van der Waals surface area contributed by atoms with Crippen molar-refractivity contribution in [1.29, 1.82) is 0 Å². The molecule has 1 aromatic heterocycles. The molecule has 1 aromatic carbocycles. The fraction of sp³-hybridized carbons (Fsp3) is 0.389. The molecule has 4 rings (SSSR count). The molecule has 0 aliphatic carbocycles. The van der Waals surface area contributed by atoms with Gasteiger partial charge >= 0.3 is 0 Å². The highest BCUT2D eigenvalue weighted by Gasteiger charge is 2.38. The molecule has 1 atom stereocenters. The lowest BCUT2D eigenvalue weighted by Gasteiger charge is -2.35. The molecule has 2 aliphatic rings. The molecule has 136 valence electrons. The van der Waals surface area contributed by atoms with E-state index in [9.17, 15) is 9.59 Å². The predicted octanol–water partition coefficient (Wildman–Crippen LogP) is 2.61. The van der Waals surface area contributed by atoms with E-state index in [1.807, 2.05) is 34.5 Å². The summed E-state index contributed by atoms with van der Waals surface area (Å²) >= 11 is 5.02. The smallest absolute Gasteiger partial charge is 0.228 e. The van der Waals surface area contributed by atoms with Gasteiger partial charge in [0, 0.05) is 60.9 Å². The van der Waals surface area contributed by atoms with Crippen molar-refractivity contribution in [1.82, 2.24) is 9.88 Å². The van der Waals surface area contributed by atoms with E-state index >= 15 is 0 Å². The molecule has 0 spiro atoms. The van der Waals surface area contributed by atoms with Crippen molar-refractivity contribution in [3.8, 4) is 0 Å². The summed E-state index contributed by atoms with van der Waals surface area (Å²) in [5, 5.41) is 2.97. The number of benzene rings is 1. The monoisotopic (exact) mass is 434 g/mol. The van der Waals surface area contributed by atoms with E-state index in [-0.39, 0.29) is 17.7 Å². The van der Waals surface area contributed by atoms with Gasteiger partial charge in [-0.1, -0.05) is 15.9 Å². The Labute approximate surface area is 164 Å². The summed E-state index contributed by atoms with van der Waals surface area (Å²) in [4.78, 5) is 35.4. The lowest BCUT2D eigenvalue weighted by molar-refractivity contribution is -0.136. The number of halogens is 1. The molecule has 0 N–H and O–H groups in total. The minimum Gasteiger partial charge on any atom is -0.345 e. The second kappa shape index (κ2) is 7.36. The molecule has 8 heteroatoms. The van der Waals surface area contributed by atoms with E-state index in [2.05, 4.69) is 25.8 Å². The van der Waals surface area contributed by atoms with E-state index in [0.29, 0.717) is 26.1 Å². The van der Waals surface area contributed by atoms with Crippen LogP contribution in [0.2, 0.25) is 0 Å². The molecule has 3 heterocycles. The maximum atomic E-state index is 12.9. The minimum atomic E-state index is -0.252. The van der Waals surface area contributed by atoms with Gasteiger partial charge in [0.1, 0.15) is 0 Å². The molecular weight excluding hydrogens is 416 g/mol. The van der Waals surface area contributed by atoms with E-state index in [1.54, 1.807) is 22.4 Å². The van der Waals surface area contributed by atoms with Gasteiger partial charge in [0.15, 0.2) is 5.13 Å². The van der Waals surface area contributed by atoms with Gasteiger partial charge in [-0.3, -0.25) is 9.59 Å². The number of nitrogens with zero attached hydrogens (tertiary/aromatic N) is 4. The van der Waals surface area contributed by atoms with Crippen LogP contribution in [0.5, 0.6) is 0 Å². The second-order valence-corrected chi connectivity index (χ2v) is 8.30. The molecule has 6 nitrogen and oxygen atoms in total. The highest BCUT2D eigenvalue weighted by Crippen LogP contribution is 2.28. The highest BCUT2D eigenvalue weighted by molar-refractivity contribution is 9.10. The quantitative estimate of drug-likeness (QED) is 0.744. The summed E-state index contributed by atoms with van der Waals surface area (Å²) in [7, 11) is 0. The van der Waals surface area contributed by atoms with Crippen LogP contribution in [0, 0.1) is 5.92 Å². The molecule has 0 radical (unpaired) electrons. The van der Waals surface area contributed by atoms with E-state index in [1.165, 1.54) is 0 Å². The molecule has 26 heavy (non-hydrogen) atoms. The number of anilines is 2. The van der Waals surface area contributed by atoms with Crippen molar-refractivity contribution in [3.63, 3.8) is 0 Å². The summed E-state index contributed by atoms with van der Waals surface area (Å²) in [6.07, 6.45) is 2.10. The Balaban J connectivity index is 1.37. The third kappa shape index (κ3) is 3.48. The Morgan fingerprint density at radius 1 is 1.15 bits per heavy atom. The molecule has 2 saturated heterocycles. The zero-order valence-electron chi connectivity index (χ0n) is 14.2. The van der Waals surface area contributed by atoms with Gasteiger partial charge in [-0.25, -0.2) is 4.98 Å². The number of carbonyl (C=O) groups excluding carboxylic acids is 2. The molecule has 2 amide bonds. The van der Waals surface area contributed by atoms with Gasteiger partial charge in [-0.15, -0.1) is 11.3 Å². The maximum Gasteiger partial charge on any atom is 0.228 e. The Kier molecular flexibility index (Phi) is 4.95. The van der Waals surface area contributed by atoms with Crippen LogP contribution < -0.4 is 9.80 Å². The van der Waals surface area contributed by atoms with Gasteiger partial charge in [0.25, 0.3) is 0 Å². The van der Waals surface area contributed by atoms with Crippen LogP contribution in [0.4, 0.5) is 10.8 Å². The SMILES string of the molecule is O=C([C@H]1CC(=O)N(c2ccc(Br)cc2)C1)N1CCN(c2nccs2)CC1. The molecule has 2 aromatic rings. The van der Waals surface area contributed by atoms with Crippen LogP contribution in [-0.4, -0.2) is 54.4 Å². The van der Waals surface area contributed by atoms with Gasteiger partial charge in [-0.2, -0.15) is 0 Å². The minimum absolute atomic E-state index is 0.0205. The third-order valence-electron chi connectivity index (χ3n) is 4.89. The standard InChI is InChI=1S/C18H19BrN4O2S/c19-14-1-3-15(4-2-14)23-12-13(11-16(23)24)17(25)21-6-8-22(9-7-21)18-20-5-10-26-18/h1-5,10,13H,6-9,11-12H2/t13-/m0/s1. The van der Waals surface area contributed by atoms with Gasteiger partial charge in [-0.05, 0) is 24.3 Å².